The molecule has 29 heavy (non-hydrogen) atoms. The van der Waals surface area contributed by atoms with Gasteiger partial charge in [-0.2, -0.15) is 0 Å². The lowest BCUT2D eigenvalue weighted by molar-refractivity contribution is -0.148. The Kier molecular flexibility index (Phi) is 7.38. The van der Waals surface area contributed by atoms with E-state index >= 15 is 0 Å². The maximum absolute atomic E-state index is 13.0. The fourth-order valence-electron chi connectivity index (χ4n) is 4.32. The first-order valence-electron chi connectivity index (χ1n) is 10.5. The van der Waals surface area contributed by atoms with E-state index in [0.29, 0.717) is 13.1 Å². The number of hydrogen-bond acceptors (Lipinski definition) is 6. The summed E-state index contributed by atoms with van der Waals surface area (Å²) >= 11 is 0. The Bertz CT molecular complexity index is 681. The van der Waals surface area contributed by atoms with E-state index in [2.05, 4.69) is 15.9 Å². The van der Waals surface area contributed by atoms with Crippen molar-refractivity contribution in [2.24, 2.45) is 0 Å². The van der Waals surface area contributed by atoms with E-state index in [1.807, 2.05) is 37.8 Å². The van der Waals surface area contributed by atoms with Gasteiger partial charge in [-0.1, -0.05) is 6.07 Å². The fourth-order valence-corrected chi connectivity index (χ4v) is 4.32. The van der Waals surface area contributed by atoms with Crippen LogP contribution in [0.3, 0.4) is 0 Å². The van der Waals surface area contributed by atoms with Gasteiger partial charge in [0.25, 0.3) is 0 Å². The lowest BCUT2D eigenvalue weighted by Gasteiger charge is -2.41. The van der Waals surface area contributed by atoms with Gasteiger partial charge in [0, 0.05) is 45.8 Å². The van der Waals surface area contributed by atoms with Crippen molar-refractivity contribution in [2.75, 3.05) is 53.5 Å². The minimum atomic E-state index is -0.0873. The van der Waals surface area contributed by atoms with E-state index in [9.17, 15) is 4.79 Å². The van der Waals surface area contributed by atoms with Crippen LogP contribution in [-0.4, -0.2) is 92.3 Å². The quantitative estimate of drug-likeness (QED) is 0.720. The van der Waals surface area contributed by atoms with Crippen molar-refractivity contribution in [1.29, 1.82) is 0 Å². The van der Waals surface area contributed by atoms with Crippen molar-refractivity contribution in [2.45, 2.75) is 45.6 Å². The van der Waals surface area contributed by atoms with Crippen LogP contribution in [0, 0.1) is 0 Å². The van der Waals surface area contributed by atoms with E-state index < -0.39 is 0 Å². The molecule has 1 aromatic rings. The molecule has 2 aliphatic heterocycles. The zero-order valence-corrected chi connectivity index (χ0v) is 18.4. The highest BCUT2D eigenvalue weighted by Crippen LogP contribution is 2.28. The molecule has 3 unspecified atom stereocenters. The normalized spacial score (nSPS) is 24.9. The number of methoxy groups -OCH3 is 2. The van der Waals surface area contributed by atoms with Gasteiger partial charge in [0.1, 0.15) is 0 Å². The highest BCUT2D eigenvalue weighted by molar-refractivity contribution is 5.81. The Labute approximate surface area is 174 Å². The number of rotatable bonds is 6. The van der Waals surface area contributed by atoms with E-state index in [0.717, 1.165) is 44.2 Å². The molecule has 3 rings (SSSR count). The van der Waals surface area contributed by atoms with Crippen molar-refractivity contribution in [3.63, 3.8) is 0 Å². The first-order chi connectivity index (χ1) is 13.9. The van der Waals surface area contributed by atoms with E-state index in [1.54, 1.807) is 14.2 Å². The molecule has 0 aliphatic carbocycles. The van der Waals surface area contributed by atoms with Gasteiger partial charge in [0.15, 0.2) is 11.5 Å². The van der Waals surface area contributed by atoms with E-state index in [1.165, 1.54) is 5.56 Å². The molecule has 7 nitrogen and oxygen atoms in total. The second-order valence-corrected chi connectivity index (χ2v) is 8.18. The predicted molar refractivity (Wildman–Crippen MR) is 112 cm³/mol. The van der Waals surface area contributed by atoms with E-state index in [-0.39, 0.29) is 24.2 Å². The molecule has 0 radical (unpaired) electrons. The Morgan fingerprint density at radius 2 is 1.69 bits per heavy atom. The number of carbonyl (C=O) groups excluding carboxylic acids is 1. The molecule has 2 heterocycles. The second-order valence-electron chi connectivity index (χ2n) is 8.18. The molecule has 7 heteroatoms. The van der Waals surface area contributed by atoms with Crippen LogP contribution in [0.4, 0.5) is 0 Å². The first kappa shape index (κ1) is 21.9. The van der Waals surface area contributed by atoms with Gasteiger partial charge in [0.05, 0.1) is 32.5 Å². The molecule has 2 fully saturated rings. The number of piperazine rings is 1. The molecule has 0 spiro atoms. The van der Waals surface area contributed by atoms with Gasteiger partial charge in [-0.15, -0.1) is 0 Å². The Morgan fingerprint density at radius 3 is 2.28 bits per heavy atom. The molecule has 3 atom stereocenters. The van der Waals surface area contributed by atoms with Crippen LogP contribution in [0.5, 0.6) is 11.5 Å². The number of morpholine rings is 1. The zero-order chi connectivity index (χ0) is 21.0. The van der Waals surface area contributed by atoms with Gasteiger partial charge in [-0.05, 0) is 38.5 Å². The predicted octanol–water partition coefficient (Wildman–Crippen LogP) is 1.85. The SMILES string of the molecule is COc1ccc(CN2CCN(C(C)C(=O)N3CC(C)OC(C)C3)CC2)cc1OC. The van der Waals surface area contributed by atoms with Crippen molar-refractivity contribution in [3.8, 4) is 11.5 Å². The topological polar surface area (TPSA) is 54.5 Å². The number of nitrogens with zero attached hydrogens (tertiary/aromatic N) is 3. The van der Waals surface area contributed by atoms with Crippen LogP contribution in [0.1, 0.15) is 26.3 Å². The van der Waals surface area contributed by atoms with Crippen molar-refractivity contribution >= 4 is 5.91 Å². The van der Waals surface area contributed by atoms with Gasteiger partial charge >= 0.3 is 0 Å². The summed E-state index contributed by atoms with van der Waals surface area (Å²) in [5.41, 5.74) is 1.21. The summed E-state index contributed by atoms with van der Waals surface area (Å²) in [5.74, 6) is 1.73. The van der Waals surface area contributed by atoms with Crippen LogP contribution in [0.25, 0.3) is 0 Å². The average Bonchev–Trinajstić information content (AvgIpc) is 2.72. The molecule has 1 amide bonds. The Hall–Kier alpha value is -1.83. The molecule has 2 saturated heterocycles. The van der Waals surface area contributed by atoms with Crippen LogP contribution in [0.15, 0.2) is 18.2 Å². The van der Waals surface area contributed by atoms with Crippen molar-refractivity contribution in [3.05, 3.63) is 23.8 Å². The van der Waals surface area contributed by atoms with Gasteiger partial charge in [0.2, 0.25) is 5.91 Å². The number of amides is 1. The zero-order valence-electron chi connectivity index (χ0n) is 18.4. The number of hydrogen-bond donors (Lipinski definition) is 0. The van der Waals surface area contributed by atoms with Crippen LogP contribution >= 0.6 is 0 Å². The molecule has 1 aromatic carbocycles. The third-order valence-electron chi connectivity index (χ3n) is 5.90. The van der Waals surface area contributed by atoms with Gasteiger partial charge in [-0.3, -0.25) is 14.6 Å². The summed E-state index contributed by atoms with van der Waals surface area (Å²) in [7, 11) is 3.31. The summed E-state index contributed by atoms with van der Waals surface area (Å²) in [6, 6.07) is 5.99. The minimum Gasteiger partial charge on any atom is -0.493 e. The minimum absolute atomic E-state index is 0.0873. The number of ether oxygens (including phenoxy) is 3. The van der Waals surface area contributed by atoms with Gasteiger partial charge in [-0.25, -0.2) is 0 Å². The standard InChI is InChI=1S/C22H35N3O4/c1-16-13-25(14-17(2)29-16)22(26)18(3)24-10-8-23(9-11-24)15-19-6-7-20(27-4)21(12-19)28-5/h6-7,12,16-18H,8-11,13-15H2,1-5H3. The van der Waals surface area contributed by atoms with Crippen LogP contribution < -0.4 is 9.47 Å². The maximum atomic E-state index is 13.0. The number of benzene rings is 1. The van der Waals surface area contributed by atoms with Crippen LogP contribution in [0.2, 0.25) is 0 Å². The molecule has 0 N–H and O–H groups in total. The lowest BCUT2D eigenvalue weighted by atomic mass is 10.1. The highest BCUT2D eigenvalue weighted by Gasteiger charge is 2.32. The molecule has 2 aliphatic rings. The third kappa shape index (κ3) is 5.41. The molecular weight excluding hydrogens is 370 g/mol. The lowest BCUT2D eigenvalue weighted by Crippen LogP contribution is -2.57. The largest absolute Gasteiger partial charge is 0.493 e. The number of carbonyl (C=O) groups is 1. The van der Waals surface area contributed by atoms with Crippen LogP contribution in [-0.2, 0) is 16.1 Å². The second kappa shape index (κ2) is 9.78. The summed E-state index contributed by atoms with van der Waals surface area (Å²) < 4.78 is 16.5. The summed E-state index contributed by atoms with van der Waals surface area (Å²) in [5, 5.41) is 0. The maximum Gasteiger partial charge on any atom is 0.239 e. The summed E-state index contributed by atoms with van der Waals surface area (Å²) in [6.07, 6.45) is 0.210. The highest BCUT2D eigenvalue weighted by atomic mass is 16.5. The van der Waals surface area contributed by atoms with Gasteiger partial charge < -0.3 is 19.1 Å². The monoisotopic (exact) mass is 405 g/mol. The smallest absolute Gasteiger partial charge is 0.239 e. The molecular formula is C22H35N3O4. The average molecular weight is 406 g/mol. The molecule has 0 bridgehead atoms. The first-order valence-corrected chi connectivity index (χ1v) is 10.5. The summed E-state index contributed by atoms with van der Waals surface area (Å²) in [4.78, 5) is 19.7. The van der Waals surface area contributed by atoms with Crippen molar-refractivity contribution < 1.29 is 19.0 Å². The summed E-state index contributed by atoms with van der Waals surface area (Å²) in [6.45, 7) is 12.0. The van der Waals surface area contributed by atoms with E-state index in [4.69, 9.17) is 14.2 Å². The molecule has 0 aromatic heterocycles. The fraction of sp³-hybridized carbons (Fsp3) is 0.682. The Morgan fingerprint density at radius 1 is 1.07 bits per heavy atom. The molecule has 162 valence electrons. The third-order valence-corrected chi connectivity index (χ3v) is 5.90. The van der Waals surface area contributed by atoms with Crippen molar-refractivity contribution in [1.82, 2.24) is 14.7 Å². The molecule has 0 saturated carbocycles. The Balaban J connectivity index is 1.51.